The monoisotopic (exact) mass is 364 g/mol. The maximum absolute atomic E-state index is 11.7. The van der Waals surface area contributed by atoms with Crippen molar-refractivity contribution in [3.8, 4) is 0 Å². The van der Waals surface area contributed by atoms with Crippen LogP contribution in [0.25, 0.3) is 0 Å². The molecule has 1 aromatic rings. The zero-order chi connectivity index (χ0) is 12.2. The average molecular weight is 366 g/mol. The largest absolute Gasteiger partial charge is 0.411 e. The maximum atomic E-state index is 11.7. The number of rotatable bonds is 5. The minimum absolute atomic E-state index is 0.0590. The second kappa shape index (κ2) is 6.02. The van der Waals surface area contributed by atoms with Gasteiger partial charge in [-0.15, -0.1) is 0 Å². The Morgan fingerprint density at radius 2 is 2.06 bits per heavy atom. The molecule has 0 spiro atoms. The lowest BCUT2D eigenvalue weighted by Crippen LogP contribution is -2.18. The topological polar surface area (TPSA) is 27.1 Å². The van der Waals surface area contributed by atoms with E-state index >= 15 is 0 Å². The molecule has 0 aliphatic heterocycles. The number of aromatic nitrogens is 2. The maximum Gasteiger partial charge on any atom is 0.411 e. The number of alkyl halides is 3. The summed E-state index contributed by atoms with van der Waals surface area (Å²) in [5, 5.41) is 4.07. The van der Waals surface area contributed by atoms with Gasteiger partial charge in [0.05, 0.1) is 0 Å². The van der Waals surface area contributed by atoms with Gasteiger partial charge in [-0.1, -0.05) is 0 Å². The number of hydrogen-bond donors (Lipinski definition) is 0. The molecule has 0 atom stereocenters. The van der Waals surface area contributed by atoms with Crippen LogP contribution in [0.2, 0.25) is 0 Å². The molecule has 1 rings (SSSR count). The summed E-state index contributed by atoms with van der Waals surface area (Å²) in [5.74, 6) is 0. The van der Waals surface area contributed by atoms with Crippen molar-refractivity contribution in [2.45, 2.75) is 19.1 Å². The lowest BCUT2D eigenvalue weighted by Gasteiger charge is -2.07. The molecule has 0 saturated heterocycles. The summed E-state index contributed by atoms with van der Waals surface area (Å²) in [6.45, 7) is -0.634. The summed E-state index contributed by atoms with van der Waals surface area (Å²) < 4.78 is 42.7. The summed E-state index contributed by atoms with van der Waals surface area (Å²) in [4.78, 5) is 0. The van der Waals surface area contributed by atoms with Crippen LogP contribution in [0.1, 0.15) is 6.42 Å². The third kappa shape index (κ3) is 5.31. The van der Waals surface area contributed by atoms with Crippen LogP contribution in [0.4, 0.5) is 13.2 Å². The van der Waals surface area contributed by atoms with E-state index in [2.05, 4.69) is 41.7 Å². The van der Waals surface area contributed by atoms with Gasteiger partial charge in [-0.2, -0.15) is 18.3 Å². The molecule has 3 nitrogen and oxygen atoms in total. The Labute approximate surface area is 107 Å². The highest BCUT2D eigenvalue weighted by Gasteiger charge is 2.27. The summed E-state index contributed by atoms with van der Waals surface area (Å²) >= 11 is 6.46. The van der Waals surface area contributed by atoms with Gasteiger partial charge < -0.3 is 4.74 Å². The molecule has 1 heterocycles. The molecule has 0 N–H and O–H groups in total. The van der Waals surface area contributed by atoms with E-state index in [1.165, 1.54) is 0 Å². The minimum Gasteiger partial charge on any atom is -0.372 e. The van der Waals surface area contributed by atoms with Crippen LogP contribution in [0, 0.1) is 0 Å². The van der Waals surface area contributed by atoms with Gasteiger partial charge in [0.2, 0.25) is 0 Å². The second-order valence-electron chi connectivity index (χ2n) is 3.03. The molecule has 0 unspecified atom stereocenters. The molecule has 0 bridgehead atoms. The highest BCUT2D eigenvalue weighted by molar-refractivity contribution is 9.11. The SMILES string of the molecule is FC(F)(F)COCCCn1nc(Br)cc1Br. The third-order valence-corrected chi connectivity index (χ3v) is 2.65. The Kier molecular flexibility index (Phi) is 5.26. The van der Waals surface area contributed by atoms with Gasteiger partial charge in [-0.25, -0.2) is 0 Å². The molecular formula is C8H9Br2F3N2O. The molecule has 8 heteroatoms. The van der Waals surface area contributed by atoms with Crippen molar-refractivity contribution in [1.82, 2.24) is 9.78 Å². The Morgan fingerprint density at radius 3 is 2.56 bits per heavy atom. The average Bonchev–Trinajstić information content (AvgIpc) is 2.42. The number of aryl methyl sites for hydroxylation is 1. The predicted molar refractivity (Wildman–Crippen MR) is 59.1 cm³/mol. The molecule has 16 heavy (non-hydrogen) atoms. The molecule has 1 aromatic heterocycles. The quantitative estimate of drug-likeness (QED) is 0.748. The molecular weight excluding hydrogens is 357 g/mol. The van der Waals surface area contributed by atoms with E-state index in [0.29, 0.717) is 17.6 Å². The minimum atomic E-state index is -4.25. The fraction of sp³-hybridized carbons (Fsp3) is 0.625. The number of ether oxygens (including phenoxy) is 1. The lowest BCUT2D eigenvalue weighted by atomic mass is 10.4. The van der Waals surface area contributed by atoms with Crippen molar-refractivity contribution in [2.24, 2.45) is 0 Å². The van der Waals surface area contributed by atoms with E-state index in [-0.39, 0.29) is 6.61 Å². The first-order valence-corrected chi connectivity index (χ1v) is 6.00. The fourth-order valence-electron chi connectivity index (χ4n) is 1.03. The van der Waals surface area contributed by atoms with E-state index in [1.54, 1.807) is 10.7 Å². The van der Waals surface area contributed by atoms with E-state index in [9.17, 15) is 13.2 Å². The Hall–Kier alpha value is -0.0800. The van der Waals surface area contributed by atoms with Gasteiger partial charge in [-0.05, 0) is 38.3 Å². The summed E-state index contributed by atoms with van der Waals surface area (Å²) in [7, 11) is 0. The summed E-state index contributed by atoms with van der Waals surface area (Å²) in [6, 6.07) is 1.76. The van der Waals surface area contributed by atoms with Crippen LogP contribution in [-0.2, 0) is 11.3 Å². The first kappa shape index (κ1) is 14.0. The second-order valence-corrected chi connectivity index (χ2v) is 4.66. The van der Waals surface area contributed by atoms with Crippen LogP contribution < -0.4 is 0 Å². The van der Waals surface area contributed by atoms with Crippen molar-refractivity contribution in [3.63, 3.8) is 0 Å². The number of hydrogen-bond acceptors (Lipinski definition) is 2. The first-order chi connectivity index (χ1) is 7.38. The standard InChI is InChI=1S/C8H9Br2F3N2O/c9-6-4-7(10)15(14-6)2-1-3-16-5-8(11,12)13/h4H,1-3,5H2. The van der Waals surface area contributed by atoms with Crippen molar-refractivity contribution >= 4 is 31.9 Å². The molecule has 0 aliphatic carbocycles. The van der Waals surface area contributed by atoms with Gasteiger partial charge in [0.15, 0.2) is 0 Å². The molecule has 0 saturated carbocycles. The highest BCUT2D eigenvalue weighted by atomic mass is 79.9. The normalized spacial score (nSPS) is 12.1. The van der Waals surface area contributed by atoms with Crippen LogP contribution in [0.15, 0.2) is 15.3 Å². The predicted octanol–water partition coefficient (Wildman–Crippen LogP) is 3.38. The van der Waals surface area contributed by atoms with Crippen molar-refractivity contribution in [2.75, 3.05) is 13.2 Å². The zero-order valence-corrected chi connectivity index (χ0v) is 11.3. The van der Waals surface area contributed by atoms with Crippen molar-refractivity contribution < 1.29 is 17.9 Å². The van der Waals surface area contributed by atoms with Gasteiger partial charge in [0, 0.05) is 19.2 Å². The van der Waals surface area contributed by atoms with Crippen LogP contribution >= 0.6 is 31.9 Å². The molecule has 0 fully saturated rings. The van der Waals surface area contributed by atoms with Gasteiger partial charge in [0.25, 0.3) is 0 Å². The van der Waals surface area contributed by atoms with Crippen LogP contribution in [-0.4, -0.2) is 29.2 Å². The zero-order valence-electron chi connectivity index (χ0n) is 8.10. The Bertz CT molecular complexity index is 341. The first-order valence-electron chi connectivity index (χ1n) is 4.42. The fourth-order valence-corrected chi connectivity index (χ4v) is 2.21. The molecule has 0 aliphatic rings. The van der Waals surface area contributed by atoms with Gasteiger partial charge in [-0.3, -0.25) is 4.68 Å². The molecule has 0 amide bonds. The van der Waals surface area contributed by atoms with E-state index in [1.807, 2.05) is 0 Å². The number of nitrogens with zero attached hydrogens (tertiary/aromatic N) is 2. The molecule has 0 aromatic carbocycles. The summed E-state index contributed by atoms with van der Waals surface area (Å²) in [6.07, 6.45) is -3.78. The smallest absolute Gasteiger partial charge is 0.372 e. The Morgan fingerprint density at radius 1 is 1.38 bits per heavy atom. The van der Waals surface area contributed by atoms with E-state index < -0.39 is 12.8 Å². The Balaban J connectivity index is 2.19. The van der Waals surface area contributed by atoms with E-state index in [0.717, 1.165) is 4.60 Å². The van der Waals surface area contributed by atoms with E-state index in [4.69, 9.17) is 0 Å². The molecule has 92 valence electrons. The lowest BCUT2D eigenvalue weighted by molar-refractivity contribution is -0.174. The van der Waals surface area contributed by atoms with Crippen LogP contribution in [0.5, 0.6) is 0 Å². The van der Waals surface area contributed by atoms with Crippen molar-refractivity contribution in [3.05, 3.63) is 15.3 Å². The van der Waals surface area contributed by atoms with Gasteiger partial charge in [0.1, 0.15) is 15.8 Å². The third-order valence-electron chi connectivity index (χ3n) is 1.63. The van der Waals surface area contributed by atoms with Crippen molar-refractivity contribution in [1.29, 1.82) is 0 Å². The van der Waals surface area contributed by atoms with Crippen LogP contribution in [0.3, 0.4) is 0 Å². The van der Waals surface area contributed by atoms with Gasteiger partial charge >= 0.3 is 6.18 Å². The number of halogens is 5. The summed E-state index contributed by atoms with van der Waals surface area (Å²) in [5.41, 5.74) is 0. The molecule has 0 radical (unpaired) electrons. The highest BCUT2D eigenvalue weighted by Crippen LogP contribution is 2.17.